The normalized spacial score (nSPS) is 37.2. The van der Waals surface area contributed by atoms with Crippen molar-refractivity contribution in [3.63, 3.8) is 0 Å². The number of hydrogen-bond acceptors (Lipinski definition) is 5. The predicted molar refractivity (Wildman–Crippen MR) is 50.0 cm³/mol. The molecule has 15 heavy (non-hydrogen) atoms. The van der Waals surface area contributed by atoms with Crippen LogP contribution in [0.1, 0.15) is 19.8 Å². The van der Waals surface area contributed by atoms with E-state index in [1.54, 1.807) is 6.92 Å². The smallest absolute Gasteiger partial charge is 0.312 e. The number of rotatable bonds is 3. The summed E-state index contributed by atoms with van der Waals surface area (Å²) < 4.78 is 15.4. The summed E-state index contributed by atoms with van der Waals surface area (Å²) in [7, 11) is 0. The molecule has 0 aromatic heterocycles. The Bertz CT molecular complexity index is 236. The molecule has 2 aliphatic heterocycles. The molecule has 2 fully saturated rings. The Balaban J connectivity index is 1.80. The van der Waals surface area contributed by atoms with Crippen LogP contribution in [0.2, 0.25) is 0 Å². The zero-order chi connectivity index (χ0) is 10.8. The van der Waals surface area contributed by atoms with Gasteiger partial charge >= 0.3 is 5.97 Å². The highest BCUT2D eigenvalue weighted by molar-refractivity contribution is 5.75. The van der Waals surface area contributed by atoms with Crippen LogP contribution < -0.4 is 0 Å². The molecule has 2 aliphatic rings. The number of hydrogen-bond donors (Lipinski definition) is 1. The molecular weight excluding hydrogens is 200 g/mol. The maximum atomic E-state index is 11.3. The van der Waals surface area contributed by atoms with Crippen LogP contribution in [0.3, 0.4) is 0 Å². The predicted octanol–water partition coefficient (Wildman–Crippen LogP) is 0.0619. The monoisotopic (exact) mass is 216 g/mol. The van der Waals surface area contributed by atoms with Gasteiger partial charge in [-0.2, -0.15) is 0 Å². The Morgan fingerprint density at radius 2 is 2.00 bits per heavy atom. The number of carbonyl (C=O) groups is 1. The van der Waals surface area contributed by atoms with Crippen molar-refractivity contribution in [2.24, 2.45) is 5.92 Å². The Kier molecular flexibility index (Phi) is 3.23. The third-order valence-electron chi connectivity index (χ3n) is 2.90. The first-order valence-electron chi connectivity index (χ1n) is 5.30. The third-order valence-corrected chi connectivity index (χ3v) is 2.90. The number of carbonyl (C=O) groups excluding carboxylic acids is 1. The van der Waals surface area contributed by atoms with E-state index in [1.165, 1.54) is 0 Å². The number of ether oxygens (including phenoxy) is 3. The lowest BCUT2D eigenvalue weighted by Crippen LogP contribution is -2.26. The van der Waals surface area contributed by atoms with Crippen molar-refractivity contribution in [1.82, 2.24) is 0 Å². The summed E-state index contributed by atoms with van der Waals surface area (Å²) in [5, 5.41) is 9.67. The van der Waals surface area contributed by atoms with Crippen molar-refractivity contribution in [2.75, 3.05) is 13.2 Å². The Labute approximate surface area is 88.3 Å². The molecule has 2 rings (SSSR count). The zero-order valence-electron chi connectivity index (χ0n) is 8.72. The second-order valence-corrected chi connectivity index (χ2v) is 3.99. The molecule has 0 aliphatic carbocycles. The van der Waals surface area contributed by atoms with Gasteiger partial charge in [0.15, 0.2) is 6.29 Å². The quantitative estimate of drug-likeness (QED) is 0.676. The molecule has 2 unspecified atom stereocenters. The number of aliphatic hydroxyl groups is 1. The molecule has 0 aromatic rings. The molecule has 1 N–H and O–H groups in total. The van der Waals surface area contributed by atoms with Gasteiger partial charge in [0.25, 0.3) is 0 Å². The molecule has 2 saturated heterocycles. The van der Waals surface area contributed by atoms with Gasteiger partial charge in [0.1, 0.15) is 12.2 Å². The molecule has 86 valence electrons. The molecule has 0 saturated carbocycles. The Hall–Kier alpha value is -0.650. The summed E-state index contributed by atoms with van der Waals surface area (Å²) in [6.07, 6.45) is -0.133. The van der Waals surface area contributed by atoms with Crippen LogP contribution >= 0.6 is 0 Å². The van der Waals surface area contributed by atoms with Gasteiger partial charge in [-0.15, -0.1) is 0 Å². The standard InChI is InChI=1S/C10H16O5/c1-6-9(11)7(10(12)15-6)2-3-8-13-4-5-14-8/h6-9,11H,2-5H2,1H3/t6-,7?,9?/m0/s1. The maximum absolute atomic E-state index is 11.3. The van der Waals surface area contributed by atoms with E-state index in [1.807, 2.05) is 0 Å². The molecule has 5 nitrogen and oxygen atoms in total. The largest absolute Gasteiger partial charge is 0.460 e. The van der Waals surface area contributed by atoms with E-state index in [0.717, 1.165) is 0 Å². The highest BCUT2D eigenvalue weighted by Gasteiger charge is 2.41. The summed E-state index contributed by atoms with van der Waals surface area (Å²) in [5.41, 5.74) is 0. The molecule has 2 heterocycles. The summed E-state index contributed by atoms with van der Waals surface area (Å²) in [4.78, 5) is 11.3. The minimum absolute atomic E-state index is 0.221. The molecule has 5 heteroatoms. The lowest BCUT2D eigenvalue weighted by atomic mass is 9.96. The van der Waals surface area contributed by atoms with Crippen molar-refractivity contribution in [1.29, 1.82) is 0 Å². The topological polar surface area (TPSA) is 65.0 Å². The number of esters is 1. The van der Waals surface area contributed by atoms with Gasteiger partial charge in [-0.3, -0.25) is 4.79 Å². The summed E-state index contributed by atoms with van der Waals surface area (Å²) in [6.45, 7) is 2.92. The zero-order valence-corrected chi connectivity index (χ0v) is 8.72. The first-order chi connectivity index (χ1) is 7.18. The summed E-state index contributed by atoms with van der Waals surface area (Å²) >= 11 is 0. The van der Waals surface area contributed by atoms with Crippen molar-refractivity contribution in [3.8, 4) is 0 Å². The van der Waals surface area contributed by atoms with E-state index in [2.05, 4.69) is 0 Å². The summed E-state index contributed by atoms with van der Waals surface area (Å²) in [5.74, 6) is -0.735. The number of cyclic esters (lactones) is 1. The molecule has 0 aromatic carbocycles. The van der Waals surface area contributed by atoms with Gasteiger partial charge in [0.05, 0.1) is 19.1 Å². The van der Waals surface area contributed by atoms with E-state index >= 15 is 0 Å². The van der Waals surface area contributed by atoms with Gasteiger partial charge in [-0.05, 0) is 19.8 Å². The van der Waals surface area contributed by atoms with E-state index < -0.39 is 18.1 Å². The molecule has 0 spiro atoms. The SMILES string of the molecule is C[C@@H]1OC(=O)C(CCC2OCCO2)C1O. The van der Waals surface area contributed by atoms with Crippen LogP contribution in [-0.2, 0) is 19.0 Å². The average molecular weight is 216 g/mol. The highest BCUT2D eigenvalue weighted by atomic mass is 16.7. The molecule has 0 bridgehead atoms. The fourth-order valence-electron chi connectivity index (χ4n) is 1.99. The molecular formula is C10H16O5. The first-order valence-corrected chi connectivity index (χ1v) is 5.30. The highest BCUT2D eigenvalue weighted by Crippen LogP contribution is 2.27. The second-order valence-electron chi connectivity index (χ2n) is 3.99. The van der Waals surface area contributed by atoms with Crippen LogP contribution in [0.25, 0.3) is 0 Å². The van der Waals surface area contributed by atoms with Gasteiger partial charge in [-0.1, -0.05) is 0 Å². The van der Waals surface area contributed by atoms with E-state index in [0.29, 0.717) is 26.1 Å². The van der Waals surface area contributed by atoms with Crippen molar-refractivity contribution >= 4 is 5.97 Å². The lowest BCUT2D eigenvalue weighted by Gasteiger charge is -2.13. The fraction of sp³-hybridized carbons (Fsp3) is 0.900. The second kappa shape index (κ2) is 4.47. The lowest BCUT2D eigenvalue weighted by molar-refractivity contribution is -0.144. The third kappa shape index (κ3) is 2.30. The number of aliphatic hydroxyl groups excluding tert-OH is 1. The van der Waals surface area contributed by atoms with E-state index in [9.17, 15) is 9.90 Å². The molecule has 3 atom stereocenters. The van der Waals surface area contributed by atoms with Gasteiger partial charge in [-0.25, -0.2) is 0 Å². The van der Waals surface area contributed by atoms with Gasteiger partial charge in [0, 0.05) is 0 Å². The first kappa shape index (κ1) is 10.9. The minimum atomic E-state index is -0.695. The van der Waals surface area contributed by atoms with Gasteiger partial charge in [0.2, 0.25) is 0 Å². The average Bonchev–Trinajstić information content (AvgIpc) is 2.76. The Morgan fingerprint density at radius 1 is 1.33 bits per heavy atom. The van der Waals surface area contributed by atoms with Crippen LogP contribution in [0, 0.1) is 5.92 Å². The summed E-state index contributed by atoms with van der Waals surface area (Å²) in [6, 6.07) is 0. The molecule has 0 radical (unpaired) electrons. The van der Waals surface area contributed by atoms with Crippen LogP contribution in [0.15, 0.2) is 0 Å². The van der Waals surface area contributed by atoms with Crippen LogP contribution in [-0.4, -0.2) is 42.8 Å². The van der Waals surface area contributed by atoms with E-state index in [-0.39, 0.29) is 12.3 Å². The van der Waals surface area contributed by atoms with Gasteiger partial charge < -0.3 is 19.3 Å². The van der Waals surface area contributed by atoms with Crippen molar-refractivity contribution in [3.05, 3.63) is 0 Å². The maximum Gasteiger partial charge on any atom is 0.312 e. The van der Waals surface area contributed by atoms with Crippen LogP contribution in [0.4, 0.5) is 0 Å². The van der Waals surface area contributed by atoms with Crippen molar-refractivity contribution in [2.45, 2.75) is 38.3 Å². The van der Waals surface area contributed by atoms with E-state index in [4.69, 9.17) is 14.2 Å². The fourth-order valence-corrected chi connectivity index (χ4v) is 1.99. The minimum Gasteiger partial charge on any atom is -0.460 e. The molecule has 0 amide bonds. The van der Waals surface area contributed by atoms with Crippen molar-refractivity contribution < 1.29 is 24.1 Å². The van der Waals surface area contributed by atoms with Crippen LogP contribution in [0.5, 0.6) is 0 Å². The Morgan fingerprint density at radius 3 is 2.53 bits per heavy atom.